The van der Waals surface area contributed by atoms with Gasteiger partial charge in [0.1, 0.15) is 0 Å². The summed E-state index contributed by atoms with van der Waals surface area (Å²) in [4.78, 5) is 4.73. The van der Waals surface area contributed by atoms with Gasteiger partial charge in [0.25, 0.3) is 0 Å². The highest BCUT2D eigenvalue weighted by atomic mass is 16.3. The first-order chi connectivity index (χ1) is 7.54. The van der Waals surface area contributed by atoms with E-state index in [0.717, 1.165) is 19.5 Å². The normalized spacial score (nSPS) is 27.0. The van der Waals surface area contributed by atoms with Crippen molar-refractivity contribution in [1.82, 2.24) is 9.80 Å². The van der Waals surface area contributed by atoms with Crippen LogP contribution in [0.1, 0.15) is 33.1 Å². The number of aliphatic hydroxyl groups excluding tert-OH is 1. The molecule has 1 aliphatic heterocycles. The van der Waals surface area contributed by atoms with Crippen LogP contribution in [0.15, 0.2) is 0 Å². The summed E-state index contributed by atoms with van der Waals surface area (Å²) in [6.45, 7) is 7.45. The Balaban J connectivity index is 2.35. The molecular weight excluding hydrogens is 200 g/mol. The zero-order chi connectivity index (χ0) is 12.1. The van der Waals surface area contributed by atoms with Crippen LogP contribution >= 0.6 is 0 Å². The summed E-state index contributed by atoms with van der Waals surface area (Å²) in [5.74, 6) is 0.406. The van der Waals surface area contributed by atoms with E-state index < -0.39 is 0 Å². The summed E-state index contributed by atoms with van der Waals surface area (Å²) in [6.07, 6.45) is 3.43. The molecule has 0 aromatic rings. The van der Waals surface area contributed by atoms with Gasteiger partial charge < -0.3 is 10.0 Å². The minimum Gasteiger partial charge on any atom is -0.392 e. The number of likely N-dealkylation sites (tertiary alicyclic amines) is 1. The van der Waals surface area contributed by atoms with Crippen LogP contribution in [0, 0.1) is 5.92 Å². The fraction of sp³-hybridized carbons (Fsp3) is 1.00. The molecule has 0 aromatic carbocycles. The van der Waals surface area contributed by atoms with Crippen molar-refractivity contribution in [1.29, 1.82) is 0 Å². The maximum absolute atomic E-state index is 10.0. The number of hydrogen-bond donors (Lipinski definition) is 1. The quantitative estimate of drug-likeness (QED) is 0.771. The van der Waals surface area contributed by atoms with Gasteiger partial charge in [0, 0.05) is 19.1 Å². The smallest absolute Gasteiger partial charge is 0.0692 e. The standard InChI is InChI=1S/C13H28N2O/c1-5-11(2)13(16)10-15(4)12-7-6-8-14(3)9-12/h11-13,16H,5-10H2,1-4H3. The van der Waals surface area contributed by atoms with E-state index >= 15 is 0 Å². The van der Waals surface area contributed by atoms with E-state index in [1.54, 1.807) is 0 Å². The van der Waals surface area contributed by atoms with Crippen LogP contribution in [0.3, 0.4) is 0 Å². The Hall–Kier alpha value is -0.120. The molecular formula is C13H28N2O. The Kier molecular flexibility index (Phi) is 5.73. The maximum Gasteiger partial charge on any atom is 0.0692 e. The number of likely N-dealkylation sites (N-methyl/N-ethyl adjacent to an activating group) is 2. The Morgan fingerprint density at radius 2 is 2.19 bits per heavy atom. The lowest BCUT2D eigenvalue weighted by molar-refractivity contribution is 0.0456. The number of nitrogens with zero attached hydrogens (tertiary/aromatic N) is 2. The fourth-order valence-corrected chi connectivity index (χ4v) is 2.40. The minimum absolute atomic E-state index is 0.178. The SMILES string of the molecule is CCC(C)C(O)CN(C)C1CCCN(C)C1. The van der Waals surface area contributed by atoms with Crippen molar-refractivity contribution in [3.8, 4) is 0 Å². The summed E-state index contributed by atoms with van der Waals surface area (Å²) in [6, 6.07) is 0.623. The fourth-order valence-electron chi connectivity index (χ4n) is 2.40. The molecule has 3 unspecified atom stereocenters. The van der Waals surface area contributed by atoms with Gasteiger partial charge in [0.2, 0.25) is 0 Å². The van der Waals surface area contributed by atoms with Gasteiger partial charge in [-0.25, -0.2) is 0 Å². The third kappa shape index (κ3) is 4.04. The molecule has 3 nitrogen and oxygen atoms in total. The number of hydrogen-bond acceptors (Lipinski definition) is 3. The maximum atomic E-state index is 10.0. The molecule has 1 N–H and O–H groups in total. The van der Waals surface area contributed by atoms with E-state index in [1.165, 1.54) is 19.4 Å². The molecule has 1 heterocycles. The van der Waals surface area contributed by atoms with Crippen molar-refractivity contribution in [2.45, 2.75) is 45.3 Å². The molecule has 0 amide bonds. The van der Waals surface area contributed by atoms with Crippen molar-refractivity contribution in [3.05, 3.63) is 0 Å². The van der Waals surface area contributed by atoms with Crippen LogP contribution in [0.25, 0.3) is 0 Å². The molecule has 16 heavy (non-hydrogen) atoms. The first-order valence-electron chi connectivity index (χ1n) is 6.61. The van der Waals surface area contributed by atoms with Crippen molar-refractivity contribution < 1.29 is 5.11 Å². The van der Waals surface area contributed by atoms with E-state index in [1.807, 2.05) is 0 Å². The summed E-state index contributed by atoms with van der Waals surface area (Å²) in [5, 5.41) is 10.0. The molecule has 3 heteroatoms. The van der Waals surface area contributed by atoms with Crippen molar-refractivity contribution in [3.63, 3.8) is 0 Å². The number of aliphatic hydroxyl groups is 1. The van der Waals surface area contributed by atoms with Crippen LogP contribution in [0.2, 0.25) is 0 Å². The Morgan fingerprint density at radius 3 is 2.75 bits per heavy atom. The molecule has 3 atom stereocenters. The van der Waals surface area contributed by atoms with Gasteiger partial charge in [0.05, 0.1) is 6.10 Å². The lowest BCUT2D eigenvalue weighted by atomic mass is 9.99. The highest BCUT2D eigenvalue weighted by Gasteiger charge is 2.23. The van der Waals surface area contributed by atoms with Gasteiger partial charge in [0.15, 0.2) is 0 Å². The van der Waals surface area contributed by atoms with E-state index in [2.05, 4.69) is 37.7 Å². The van der Waals surface area contributed by atoms with Crippen molar-refractivity contribution in [2.75, 3.05) is 33.7 Å². The monoisotopic (exact) mass is 228 g/mol. The lowest BCUT2D eigenvalue weighted by Gasteiger charge is -2.37. The molecule has 0 aromatic heterocycles. The molecule has 0 radical (unpaired) electrons. The van der Waals surface area contributed by atoms with Gasteiger partial charge in [-0.1, -0.05) is 20.3 Å². The van der Waals surface area contributed by atoms with Crippen LogP contribution < -0.4 is 0 Å². The second-order valence-electron chi connectivity index (χ2n) is 5.45. The van der Waals surface area contributed by atoms with Gasteiger partial charge in [-0.2, -0.15) is 0 Å². The van der Waals surface area contributed by atoms with Gasteiger partial charge in [-0.15, -0.1) is 0 Å². The summed E-state index contributed by atoms with van der Waals surface area (Å²) in [7, 11) is 4.33. The molecule has 1 rings (SSSR count). The third-order valence-corrected chi connectivity index (χ3v) is 4.00. The molecule has 96 valence electrons. The number of piperidine rings is 1. The van der Waals surface area contributed by atoms with Gasteiger partial charge >= 0.3 is 0 Å². The first kappa shape index (κ1) is 13.9. The van der Waals surface area contributed by atoms with Gasteiger partial charge in [-0.05, 0) is 39.4 Å². The average molecular weight is 228 g/mol. The van der Waals surface area contributed by atoms with Crippen molar-refractivity contribution in [2.24, 2.45) is 5.92 Å². The van der Waals surface area contributed by atoms with E-state index in [-0.39, 0.29) is 6.10 Å². The summed E-state index contributed by atoms with van der Waals surface area (Å²) < 4.78 is 0. The molecule has 1 fully saturated rings. The first-order valence-corrected chi connectivity index (χ1v) is 6.61. The molecule has 0 saturated carbocycles. The van der Waals surface area contributed by atoms with Crippen LogP contribution in [0.4, 0.5) is 0 Å². The predicted octanol–water partition coefficient (Wildman–Crippen LogP) is 1.42. The van der Waals surface area contributed by atoms with Crippen LogP contribution in [-0.4, -0.2) is 60.8 Å². The largest absolute Gasteiger partial charge is 0.392 e. The zero-order valence-corrected chi connectivity index (χ0v) is 11.3. The second kappa shape index (κ2) is 6.58. The van der Waals surface area contributed by atoms with Crippen molar-refractivity contribution >= 4 is 0 Å². The molecule has 0 aliphatic carbocycles. The van der Waals surface area contributed by atoms with E-state index in [9.17, 15) is 5.11 Å². The molecule has 1 saturated heterocycles. The Labute approximate surface area is 100 Å². The average Bonchev–Trinajstić information content (AvgIpc) is 2.27. The topological polar surface area (TPSA) is 26.7 Å². The van der Waals surface area contributed by atoms with Gasteiger partial charge in [-0.3, -0.25) is 4.90 Å². The molecule has 0 spiro atoms. The summed E-state index contributed by atoms with van der Waals surface area (Å²) in [5.41, 5.74) is 0. The lowest BCUT2D eigenvalue weighted by Crippen LogP contribution is -2.47. The minimum atomic E-state index is -0.178. The molecule has 1 aliphatic rings. The Morgan fingerprint density at radius 1 is 1.50 bits per heavy atom. The van der Waals surface area contributed by atoms with E-state index in [4.69, 9.17) is 0 Å². The highest BCUT2D eigenvalue weighted by molar-refractivity contribution is 4.79. The molecule has 0 bridgehead atoms. The number of rotatable bonds is 5. The second-order valence-corrected chi connectivity index (χ2v) is 5.45. The van der Waals surface area contributed by atoms with Crippen LogP contribution in [0.5, 0.6) is 0 Å². The Bertz CT molecular complexity index is 198. The van der Waals surface area contributed by atoms with E-state index in [0.29, 0.717) is 12.0 Å². The third-order valence-electron chi connectivity index (χ3n) is 4.00. The zero-order valence-electron chi connectivity index (χ0n) is 11.3. The summed E-state index contributed by atoms with van der Waals surface area (Å²) >= 11 is 0. The highest BCUT2D eigenvalue weighted by Crippen LogP contribution is 2.15. The van der Waals surface area contributed by atoms with Crippen LogP contribution in [-0.2, 0) is 0 Å². The predicted molar refractivity (Wildman–Crippen MR) is 68.6 cm³/mol.